The smallest absolute Gasteiger partial charge is 0.236 e. The van der Waals surface area contributed by atoms with E-state index in [2.05, 4.69) is 0 Å². The van der Waals surface area contributed by atoms with Crippen LogP contribution in [0.4, 0.5) is 10.1 Å². The molecule has 1 saturated carbocycles. The lowest BCUT2D eigenvalue weighted by atomic mass is 9.56. The molecule has 6 heteroatoms. The molecule has 1 saturated heterocycles. The summed E-state index contributed by atoms with van der Waals surface area (Å²) >= 11 is 6.00. The number of hydrogen-bond acceptors (Lipinski definition) is 3. The third-order valence-electron chi connectivity index (χ3n) is 7.09. The molecule has 1 spiro atoms. The number of hydrogen-bond donors (Lipinski definition) is 2. The average Bonchev–Trinajstić information content (AvgIpc) is 2.86. The van der Waals surface area contributed by atoms with Gasteiger partial charge in [0.2, 0.25) is 5.91 Å². The lowest BCUT2D eigenvalue weighted by molar-refractivity contribution is -0.149. The Labute approximate surface area is 204 Å². The SMILES string of the molecule is CC.O=C1N(c2ccc(F)cc2)C(c2ccc(O)cc2)C12CCC(O)(c1ccc(Cl)cc1)CC2. The summed E-state index contributed by atoms with van der Waals surface area (Å²) in [6.45, 7) is 4.00. The van der Waals surface area contributed by atoms with Gasteiger partial charge < -0.3 is 15.1 Å². The third kappa shape index (κ3) is 4.08. The fraction of sp³-hybridized carbons (Fsp3) is 0.321. The fourth-order valence-corrected chi connectivity index (χ4v) is 5.42. The van der Waals surface area contributed by atoms with Crippen LogP contribution in [0.5, 0.6) is 5.75 Å². The van der Waals surface area contributed by atoms with Gasteiger partial charge in [-0.05, 0) is 85.3 Å². The summed E-state index contributed by atoms with van der Waals surface area (Å²) in [4.78, 5) is 15.3. The molecule has 1 unspecified atom stereocenters. The Bertz CT molecular complexity index is 1140. The van der Waals surface area contributed by atoms with E-state index in [9.17, 15) is 19.4 Å². The normalized spacial score (nSPS) is 26.0. The highest BCUT2D eigenvalue weighted by Gasteiger charge is 2.63. The van der Waals surface area contributed by atoms with Crippen LogP contribution in [-0.2, 0) is 10.4 Å². The summed E-state index contributed by atoms with van der Waals surface area (Å²) in [7, 11) is 0. The first-order chi connectivity index (χ1) is 16.3. The van der Waals surface area contributed by atoms with Crippen LogP contribution >= 0.6 is 11.6 Å². The van der Waals surface area contributed by atoms with E-state index < -0.39 is 11.0 Å². The molecule has 2 fully saturated rings. The summed E-state index contributed by atoms with van der Waals surface area (Å²) in [6.07, 6.45) is 1.95. The molecule has 5 rings (SSSR count). The van der Waals surface area contributed by atoms with E-state index in [-0.39, 0.29) is 23.5 Å². The summed E-state index contributed by atoms with van der Waals surface area (Å²) < 4.78 is 13.5. The molecule has 4 nitrogen and oxygen atoms in total. The predicted molar refractivity (Wildman–Crippen MR) is 132 cm³/mol. The van der Waals surface area contributed by atoms with Gasteiger partial charge in [-0.25, -0.2) is 4.39 Å². The molecular weight excluding hydrogens is 453 g/mol. The number of amides is 1. The van der Waals surface area contributed by atoms with Gasteiger partial charge >= 0.3 is 0 Å². The van der Waals surface area contributed by atoms with Gasteiger partial charge in [-0.1, -0.05) is 49.7 Å². The number of rotatable bonds is 3. The Hall–Kier alpha value is -2.89. The predicted octanol–water partition coefficient (Wildman–Crippen LogP) is 6.75. The van der Waals surface area contributed by atoms with E-state index >= 15 is 0 Å². The highest BCUT2D eigenvalue weighted by molar-refractivity contribution is 6.30. The molecule has 3 aromatic rings. The molecule has 2 N–H and O–H groups in total. The summed E-state index contributed by atoms with van der Waals surface area (Å²) in [5.74, 6) is -0.216. The van der Waals surface area contributed by atoms with Crippen LogP contribution in [0.15, 0.2) is 72.8 Å². The van der Waals surface area contributed by atoms with Crippen molar-refractivity contribution >= 4 is 23.2 Å². The van der Waals surface area contributed by atoms with Gasteiger partial charge in [0.15, 0.2) is 0 Å². The van der Waals surface area contributed by atoms with Crippen LogP contribution in [-0.4, -0.2) is 16.1 Å². The van der Waals surface area contributed by atoms with Crippen molar-refractivity contribution in [3.63, 3.8) is 0 Å². The minimum absolute atomic E-state index is 0.0136. The Kier molecular flexibility index (Phi) is 6.70. The van der Waals surface area contributed by atoms with Crippen LogP contribution < -0.4 is 4.90 Å². The first-order valence-electron chi connectivity index (χ1n) is 11.7. The highest BCUT2D eigenvalue weighted by atomic mass is 35.5. The largest absolute Gasteiger partial charge is 0.508 e. The van der Waals surface area contributed by atoms with Crippen molar-refractivity contribution < 1.29 is 19.4 Å². The highest BCUT2D eigenvalue weighted by Crippen LogP contribution is 2.61. The molecule has 1 heterocycles. The molecule has 1 atom stereocenters. The fourth-order valence-electron chi connectivity index (χ4n) is 5.29. The second kappa shape index (κ2) is 9.40. The lowest BCUT2D eigenvalue weighted by Crippen LogP contribution is -2.65. The average molecular weight is 482 g/mol. The molecule has 0 radical (unpaired) electrons. The van der Waals surface area contributed by atoms with Gasteiger partial charge in [-0.15, -0.1) is 0 Å². The van der Waals surface area contributed by atoms with Gasteiger partial charge in [-0.3, -0.25) is 4.79 Å². The first-order valence-corrected chi connectivity index (χ1v) is 12.1. The third-order valence-corrected chi connectivity index (χ3v) is 7.34. The molecule has 2 aliphatic rings. The standard InChI is InChI=1S/C26H23ClFNO3.C2H6/c27-19-5-3-18(4-6-19)26(32)15-13-25(14-16-26)23(17-1-11-22(30)12-2-17)29(24(25)31)21-9-7-20(28)8-10-21;1-2/h1-12,23,30,32H,13-16H2;1-2H3. The zero-order chi connectivity index (χ0) is 24.5. The van der Waals surface area contributed by atoms with Gasteiger partial charge in [0.05, 0.1) is 17.1 Å². The molecule has 178 valence electrons. The van der Waals surface area contributed by atoms with E-state index in [1.54, 1.807) is 41.3 Å². The van der Waals surface area contributed by atoms with E-state index in [0.29, 0.717) is 36.4 Å². The number of phenols is 1. The van der Waals surface area contributed by atoms with Crippen molar-refractivity contribution in [2.45, 2.75) is 51.2 Å². The number of carbonyl (C=O) groups excluding carboxylic acids is 1. The van der Waals surface area contributed by atoms with Gasteiger partial charge in [0, 0.05) is 10.7 Å². The maximum atomic E-state index is 13.6. The maximum Gasteiger partial charge on any atom is 0.236 e. The van der Waals surface area contributed by atoms with Gasteiger partial charge in [-0.2, -0.15) is 0 Å². The van der Waals surface area contributed by atoms with E-state index in [4.69, 9.17) is 11.6 Å². The van der Waals surface area contributed by atoms with Gasteiger partial charge in [0.1, 0.15) is 11.6 Å². The van der Waals surface area contributed by atoms with Crippen LogP contribution in [0, 0.1) is 11.2 Å². The molecule has 34 heavy (non-hydrogen) atoms. The van der Waals surface area contributed by atoms with E-state index in [1.807, 2.05) is 38.1 Å². The molecule has 1 aliphatic carbocycles. The van der Waals surface area contributed by atoms with Crippen molar-refractivity contribution in [3.05, 3.63) is 94.8 Å². The molecule has 0 aromatic heterocycles. The number of aliphatic hydroxyl groups is 1. The summed E-state index contributed by atoms with van der Waals surface area (Å²) in [5.41, 5.74) is 0.693. The number of benzene rings is 3. The zero-order valence-electron chi connectivity index (χ0n) is 19.3. The topological polar surface area (TPSA) is 60.8 Å². The molecule has 3 aromatic carbocycles. The number of carbonyl (C=O) groups is 1. The Morgan fingerprint density at radius 1 is 0.882 bits per heavy atom. The molecule has 1 aliphatic heterocycles. The van der Waals surface area contributed by atoms with E-state index in [1.165, 1.54) is 12.1 Å². The Morgan fingerprint density at radius 2 is 1.44 bits per heavy atom. The number of β-lactam (4-membered cyclic amide) rings is 1. The number of aromatic hydroxyl groups is 1. The van der Waals surface area contributed by atoms with Gasteiger partial charge in [0.25, 0.3) is 0 Å². The number of anilines is 1. The minimum atomic E-state index is -1.01. The zero-order valence-corrected chi connectivity index (χ0v) is 20.1. The van der Waals surface area contributed by atoms with Crippen LogP contribution in [0.1, 0.15) is 56.7 Å². The molecular formula is C28H29ClFNO3. The Balaban J connectivity index is 0.00000133. The van der Waals surface area contributed by atoms with Crippen molar-refractivity contribution in [1.29, 1.82) is 0 Å². The minimum Gasteiger partial charge on any atom is -0.508 e. The van der Waals surface area contributed by atoms with Crippen molar-refractivity contribution in [3.8, 4) is 5.75 Å². The monoisotopic (exact) mass is 481 g/mol. The lowest BCUT2D eigenvalue weighted by Gasteiger charge is -2.59. The second-order valence-electron chi connectivity index (χ2n) is 8.84. The number of phenolic OH excluding ortho intramolecular Hbond substituents is 1. The van der Waals surface area contributed by atoms with Crippen LogP contribution in [0.2, 0.25) is 5.02 Å². The van der Waals surface area contributed by atoms with Crippen LogP contribution in [0.3, 0.4) is 0 Å². The Morgan fingerprint density at radius 3 is 2.00 bits per heavy atom. The molecule has 1 amide bonds. The number of halogens is 2. The molecule has 0 bridgehead atoms. The van der Waals surface area contributed by atoms with Crippen molar-refractivity contribution in [1.82, 2.24) is 0 Å². The quantitative estimate of drug-likeness (QED) is 0.407. The van der Waals surface area contributed by atoms with Crippen LogP contribution in [0.25, 0.3) is 0 Å². The van der Waals surface area contributed by atoms with E-state index in [0.717, 1.165) is 11.1 Å². The first kappa shape index (κ1) is 24.2. The maximum absolute atomic E-state index is 13.6. The number of nitrogens with zero attached hydrogens (tertiary/aromatic N) is 1. The second-order valence-corrected chi connectivity index (χ2v) is 9.28. The van der Waals surface area contributed by atoms with Crippen molar-refractivity contribution in [2.75, 3.05) is 4.90 Å². The van der Waals surface area contributed by atoms with Crippen molar-refractivity contribution in [2.24, 2.45) is 5.41 Å². The summed E-state index contributed by atoms with van der Waals surface area (Å²) in [5, 5.41) is 21.7. The summed E-state index contributed by atoms with van der Waals surface area (Å²) in [6, 6.07) is 19.8.